The van der Waals surface area contributed by atoms with Gasteiger partial charge in [0.1, 0.15) is 12.1 Å². The van der Waals surface area contributed by atoms with Crippen LogP contribution in [0.25, 0.3) is 10.6 Å². The van der Waals surface area contributed by atoms with Crippen molar-refractivity contribution in [2.45, 2.75) is 10.1 Å². The van der Waals surface area contributed by atoms with Crippen LogP contribution in [0, 0.1) is 22.7 Å². The first-order chi connectivity index (χ1) is 12.3. The molecule has 0 bridgehead atoms. The quantitative estimate of drug-likeness (QED) is 0.415. The molecule has 0 fully saturated rings. The molecule has 3 aromatic rings. The highest BCUT2D eigenvalue weighted by Gasteiger charge is 2.05. The molecule has 0 aliphatic carbocycles. The Morgan fingerprint density at radius 1 is 1.12 bits per heavy atom. The maximum atomic E-state index is 8.64. The molecule has 0 aliphatic rings. The topological polar surface area (TPSA) is 97.8 Å². The zero-order valence-corrected chi connectivity index (χ0v) is 14.4. The molecule has 3 rings (SSSR count). The molecule has 0 saturated carbocycles. The van der Waals surface area contributed by atoms with Crippen molar-refractivity contribution in [3.05, 3.63) is 54.0 Å². The number of rotatable bonds is 5. The van der Waals surface area contributed by atoms with Crippen LogP contribution in [-0.4, -0.2) is 15.7 Å². The van der Waals surface area contributed by atoms with E-state index in [1.54, 1.807) is 41.8 Å². The van der Waals surface area contributed by atoms with Crippen LogP contribution in [0.2, 0.25) is 0 Å². The fraction of sp³-hybridized carbons (Fsp3) is 0. The summed E-state index contributed by atoms with van der Waals surface area (Å²) >= 11 is 3.09. The Bertz CT molecular complexity index is 950. The third kappa shape index (κ3) is 4.42. The number of hydrazone groups is 1. The van der Waals surface area contributed by atoms with Crippen molar-refractivity contribution in [2.75, 3.05) is 5.43 Å². The van der Waals surface area contributed by atoms with Crippen molar-refractivity contribution in [3.63, 3.8) is 0 Å². The Balaban J connectivity index is 1.70. The summed E-state index contributed by atoms with van der Waals surface area (Å²) in [5, 5.41) is 23.7. The lowest BCUT2D eigenvalue weighted by molar-refractivity contribution is 0.974. The average molecular weight is 362 g/mol. The Morgan fingerprint density at radius 3 is 2.60 bits per heavy atom. The van der Waals surface area contributed by atoms with Crippen molar-refractivity contribution in [1.82, 2.24) is 9.97 Å². The summed E-state index contributed by atoms with van der Waals surface area (Å²) in [6.45, 7) is 0. The smallest absolute Gasteiger partial charge is 0.237 e. The third-order valence-corrected chi connectivity index (χ3v) is 4.76. The monoisotopic (exact) mass is 362 g/mol. The number of aromatic nitrogens is 2. The van der Waals surface area contributed by atoms with Crippen LogP contribution in [0.4, 0.5) is 5.69 Å². The van der Waals surface area contributed by atoms with Crippen LogP contribution < -0.4 is 5.43 Å². The van der Waals surface area contributed by atoms with Gasteiger partial charge in [-0.1, -0.05) is 6.07 Å². The molecule has 0 radical (unpaired) electrons. The maximum absolute atomic E-state index is 8.64. The van der Waals surface area contributed by atoms with Gasteiger partial charge in [-0.3, -0.25) is 5.43 Å². The fourth-order valence-electron chi connectivity index (χ4n) is 1.85. The van der Waals surface area contributed by atoms with Gasteiger partial charge in [0.15, 0.2) is 5.16 Å². The number of hydrogen-bond donors (Lipinski definition) is 1. The Kier molecular flexibility index (Phi) is 5.37. The second kappa shape index (κ2) is 8.06. The van der Waals surface area contributed by atoms with E-state index in [4.69, 9.17) is 10.5 Å². The van der Waals surface area contributed by atoms with Gasteiger partial charge >= 0.3 is 0 Å². The Hall–Kier alpha value is -3.20. The molecule has 1 N–H and O–H groups in total. The number of nitriles is 2. The first kappa shape index (κ1) is 16.7. The summed E-state index contributed by atoms with van der Waals surface area (Å²) in [6, 6.07) is 16.7. The number of nitrogens with one attached hydrogen (secondary N) is 1. The van der Waals surface area contributed by atoms with Crippen molar-refractivity contribution in [1.29, 1.82) is 10.5 Å². The molecule has 0 amide bonds. The van der Waals surface area contributed by atoms with E-state index in [2.05, 4.69) is 20.5 Å². The average Bonchev–Trinajstić information content (AvgIpc) is 3.19. The lowest BCUT2D eigenvalue weighted by atomic mass is 10.3. The summed E-state index contributed by atoms with van der Waals surface area (Å²) < 4.78 is 0. The molecule has 2 heterocycles. The largest absolute Gasteiger partial charge is 0.277 e. The summed E-state index contributed by atoms with van der Waals surface area (Å²) in [5.74, 6) is 0. The van der Waals surface area contributed by atoms with E-state index in [0.29, 0.717) is 10.8 Å². The van der Waals surface area contributed by atoms with E-state index in [0.717, 1.165) is 15.5 Å². The molecule has 0 unspecified atom stereocenters. The van der Waals surface area contributed by atoms with E-state index in [1.807, 2.05) is 35.7 Å². The number of anilines is 1. The summed E-state index contributed by atoms with van der Waals surface area (Å²) in [4.78, 5) is 10.9. The van der Waals surface area contributed by atoms with Crippen LogP contribution in [0.1, 0.15) is 0 Å². The number of benzene rings is 1. The Labute approximate surface area is 152 Å². The minimum Gasteiger partial charge on any atom is -0.277 e. The predicted octanol–water partition coefficient (Wildman–Crippen LogP) is 4.17. The molecule has 8 heteroatoms. The number of thiophene rings is 1. The highest BCUT2D eigenvalue weighted by atomic mass is 32.2. The van der Waals surface area contributed by atoms with E-state index in [-0.39, 0.29) is 5.71 Å². The molecular formula is C17H10N6S2. The number of hydrogen-bond acceptors (Lipinski definition) is 8. The molecule has 6 nitrogen and oxygen atoms in total. The predicted molar refractivity (Wildman–Crippen MR) is 98.2 cm³/mol. The summed E-state index contributed by atoms with van der Waals surface area (Å²) in [7, 11) is 0. The summed E-state index contributed by atoms with van der Waals surface area (Å²) in [6.07, 6.45) is 1.75. The first-order valence-electron chi connectivity index (χ1n) is 7.07. The van der Waals surface area contributed by atoms with Gasteiger partial charge < -0.3 is 0 Å². The molecule has 0 saturated heterocycles. The molecular weight excluding hydrogens is 352 g/mol. The lowest BCUT2D eigenvalue weighted by Crippen LogP contribution is -1.96. The van der Waals surface area contributed by atoms with Crippen molar-refractivity contribution >= 4 is 34.5 Å². The standard InChI is InChI=1S/C17H10N6S2/c18-10-13(11-19)23-22-12-3-5-14(6-4-12)25-17-20-8-7-15(21-17)16-2-1-9-24-16/h1-9,22H. The van der Waals surface area contributed by atoms with Gasteiger partial charge in [0, 0.05) is 11.1 Å². The van der Waals surface area contributed by atoms with Gasteiger partial charge in [-0.15, -0.1) is 11.3 Å². The minimum atomic E-state index is -0.225. The first-order valence-corrected chi connectivity index (χ1v) is 8.77. The van der Waals surface area contributed by atoms with Crippen molar-refractivity contribution in [3.8, 4) is 22.7 Å². The molecule has 2 aromatic heterocycles. The Morgan fingerprint density at radius 2 is 1.92 bits per heavy atom. The van der Waals surface area contributed by atoms with Crippen LogP contribution in [0.3, 0.4) is 0 Å². The molecule has 0 aliphatic heterocycles. The van der Waals surface area contributed by atoms with Gasteiger partial charge in [-0.25, -0.2) is 9.97 Å². The van der Waals surface area contributed by atoms with E-state index >= 15 is 0 Å². The van der Waals surface area contributed by atoms with Gasteiger partial charge in [-0.05, 0) is 53.5 Å². The zero-order valence-electron chi connectivity index (χ0n) is 12.7. The molecule has 0 spiro atoms. The highest BCUT2D eigenvalue weighted by molar-refractivity contribution is 7.99. The fourth-order valence-corrected chi connectivity index (χ4v) is 3.29. The second-order valence-electron chi connectivity index (χ2n) is 4.62. The van der Waals surface area contributed by atoms with Crippen LogP contribution >= 0.6 is 23.1 Å². The third-order valence-electron chi connectivity index (χ3n) is 2.98. The van der Waals surface area contributed by atoms with Crippen LogP contribution in [0.15, 0.2) is 69.2 Å². The molecule has 1 aromatic carbocycles. The summed E-state index contributed by atoms with van der Waals surface area (Å²) in [5.41, 5.74) is 4.03. The molecule has 120 valence electrons. The zero-order chi connectivity index (χ0) is 17.5. The molecule has 25 heavy (non-hydrogen) atoms. The normalized spacial score (nSPS) is 9.68. The second-order valence-corrected chi connectivity index (χ2v) is 6.61. The highest BCUT2D eigenvalue weighted by Crippen LogP contribution is 2.28. The van der Waals surface area contributed by atoms with Crippen molar-refractivity contribution in [2.24, 2.45) is 5.10 Å². The van der Waals surface area contributed by atoms with E-state index in [1.165, 1.54) is 11.8 Å². The van der Waals surface area contributed by atoms with Gasteiger partial charge in [0.05, 0.1) is 16.3 Å². The lowest BCUT2D eigenvalue weighted by Gasteiger charge is -2.04. The maximum Gasteiger partial charge on any atom is 0.237 e. The van der Waals surface area contributed by atoms with Crippen LogP contribution in [0.5, 0.6) is 0 Å². The SMILES string of the molecule is N#CC(C#N)=NNc1ccc(Sc2nccc(-c3cccs3)n2)cc1. The van der Waals surface area contributed by atoms with Crippen LogP contribution in [-0.2, 0) is 0 Å². The van der Waals surface area contributed by atoms with E-state index in [9.17, 15) is 0 Å². The van der Waals surface area contributed by atoms with Gasteiger partial charge in [0.25, 0.3) is 0 Å². The number of nitrogens with zero attached hydrogens (tertiary/aromatic N) is 5. The molecule has 0 atom stereocenters. The minimum absolute atomic E-state index is 0.225. The van der Waals surface area contributed by atoms with Crippen molar-refractivity contribution < 1.29 is 0 Å². The van der Waals surface area contributed by atoms with E-state index < -0.39 is 0 Å². The van der Waals surface area contributed by atoms with Gasteiger partial charge in [-0.2, -0.15) is 15.6 Å². The van der Waals surface area contributed by atoms with Gasteiger partial charge in [0.2, 0.25) is 5.71 Å².